The second kappa shape index (κ2) is 8.78. The smallest absolute Gasteiger partial charge is 0.147 e. The molecular formula is C22H26ClN3OS. The van der Waals surface area contributed by atoms with Gasteiger partial charge in [-0.05, 0) is 53.9 Å². The van der Waals surface area contributed by atoms with E-state index < -0.39 is 0 Å². The van der Waals surface area contributed by atoms with Crippen molar-refractivity contribution < 1.29 is 5.11 Å². The van der Waals surface area contributed by atoms with Crippen molar-refractivity contribution in [3.8, 4) is 11.3 Å². The molecule has 6 heteroatoms. The number of pyridine rings is 1. The van der Waals surface area contributed by atoms with Crippen LogP contribution in [-0.2, 0) is 6.42 Å². The normalized spacial score (nSPS) is 15.5. The molecule has 4 nitrogen and oxygen atoms in total. The molecule has 0 unspecified atom stereocenters. The average molecular weight is 416 g/mol. The predicted molar refractivity (Wildman–Crippen MR) is 120 cm³/mol. The number of aliphatic hydroxyl groups excluding tert-OH is 1. The van der Waals surface area contributed by atoms with Gasteiger partial charge in [-0.15, -0.1) is 11.3 Å². The van der Waals surface area contributed by atoms with Gasteiger partial charge in [-0.25, -0.2) is 4.98 Å². The van der Waals surface area contributed by atoms with Gasteiger partial charge in [-0.2, -0.15) is 0 Å². The molecule has 0 bridgehead atoms. The fourth-order valence-electron chi connectivity index (χ4n) is 3.78. The lowest BCUT2D eigenvalue weighted by Crippen LogP contribution is -2.46. The highest BCUT2D eigenvalue weighted by molar-refractivity contribution is 7.17. The molecule has 148 valence electrons. The number of halogens is 1. The van der Waals surface area contributed by atoms with E-state index in [1.165, 1.54) is 10.1 Å². The van der Waals surface area contributed by atoms with Crippen LogP contribution in [0.3, 0.4) is 0 Å². The van der Waals surface area contributed by atoms with Crippen molar-refractivity contribution >= 4 is 38.8 Å². The van der Waals surface area contributed by atoms with Gasteiger partial charge in [0.2, 0.25) is 0 Å². The topological polar surface area (TPSA) is 39.6 Å². The summed E-state index contributed by atoms with van der Waals surface area (Å²) in [7, 11) is 0. The number of aliphatic hydroxyl groups is 1. The van der Waals surface area contributed by atoms with Crippen molar-refractivity contribution in [3.63, 3.8) is 0 Å². The van der Waals surface area contributed by atoms with Gasteiger partial charge in [0, 0.05) is 43.4 Å². The molecule has 3 heterocycles. The number of anilines is 1. The summed E-state index contributed by atoms with van der Waals surface area (Å²) in [5, 5.41) is 13.2. The Morgan fingerprint density at radius 1 is 1.14 bits per heavy atom. The zero-order valence-electron chi connectivity index (χ0n) is 16.2. The summed E-state index contributed by atoms with van der Waals surface area (Å²) in [6, 6.07) is 10.5. The largest absolute Gasteiger partial charge is 0.396 e. The maximum atomic E-state index is 9.06. The summed E-state index contributed by atoms with van der Waals surface area (Å²) in [6.07, 6.45) is 1.52. The lowest BCUT2D eigenvalue weighted by Gasteiger charge is -2.35. The second-order valence-corrected chi connectivity index (χ2v) is 8.55. The van der Waals surface area contributed by atoms with Crippen LogP contribution >= 0.6 is 22.9 Å². The molecule has 1 aliphatic heterocycles. The molecule has 28 heavy (non-hydrogen) atoms. The number of rotatable bonds is 6. The number of hydrogen-bond donors (Lipinski definition) is 1. The van der Waals surface area contributed by atoms with E-state index >= 15 is 0 Å². The van der Waals surface area contributed by atoms with Crippen molar-refractivity contribution in [1.82, 2.24) is 9.88 Å². The molecule has 0 aliphatic carbocycles. The summed E-state index contributed by atoms with van der Waals surface area (Å²) < 4.78 is 1.26. The standard InChI is InChI=1S/C22H26ClN3OS/c1-2-25-8-10-26(11-9-25)22-21-18(7-13-28-21)15-20(24-22)17-6-5-16(4-3-12-27)19(23)14-17/h5-7,13-15,27H,2-4,8-12H2,1H3. The van der Waals surface area contributed by atoms with Gasteiger partial charge in [-0.1, -0.05) is 30.7 Å². The minimum Gasteiger partial charge on any atom is -0.396 e. The monoisotopic (exact) mass is 415 g/mol. The van der Waals surface area contributed by atoms with Gasteiger partial charge in [0.25, 0.3) is 0 Å². The Balaban J connectivity index is 1.68. The zero-order chi connectivity index (χ0) is 19.5. The van der Waals surface area contributed by atoms with Crippen LogP contribution in [0, 0.1) is 0 Å². The highest BCUT2D eigenvalue weighted by Gasteiger charge is 2.20. The molecule has 2 aromatic heterocycles. The molecule has 1 aromatic carbocycles. The molecule has 4 rings (SSSR count). The molecular weight excluding hydrogens is 390 g/mol. The molecule has 1 N–H and O–H groups in total. The fourth-order valence-corrected chi connectivity index (χ4v) is 4.94. The third-order valence-electron chi connectivity index (χ3n) is 5.49. The van der Waals surface area contributed by atoms with E-state index in [1.54, 1.807) is 11.3 Å². The fraction of sp³-hybridized carbons (Fsp3) is 0.409. The number of piperazine rings is 1. The van der Waals surface area contributed by atoms with Gasteiger partial charge in [0.1, 0.15) is 5.82 Å². The van der Waals surface area contributed by atoms with Gasteiger partial charge < -0.3 is 14.9 Å². The highest BCUT2D eigenvalue weighted by atomic mass is 35.5. The quantitative estimate of drug-likeness (QED) is 0.634. The first-order valence-corrected chi connectivity index (χ1v) is 11.2. The summed E-state index contributed by atoms with van der Waals surface area (Å²) in [4.78, 5) is 9.98. The van der Waals surface area contributed by atoms with Crippen LogP contribution < -0.4 is 4.90 Å². The van der Waals surface area contributed by atoms with E-state index in [2.05, 4.69) is 46.4 Å². The van der Waals surface area contributed by atoms with Crippen LogP contribution in [0.25, 0.3) is 21.3 Å². The summed E-state index contributed by atoms with van der Waals surface area (Å²) in [5.41, 5.74) is 3.08. The zero-order valence-corrected chi connectivity index (χ0v) is 17.8. The Labute approximate surface area is 175 Å². The number of nitrogens with zero attached hydrogens (tertiary/aromatic N) is 3. The van der Waals surface area contributed by atoms with E-state index in [9.17, 15) is 0 Å². The van der Waals surface area contributed by atoms with E-state index in [0.717, 1.165) is 73.2 Å². The maximum Gasteiger partial charge on any atom is 0.147 e. The Kier molecular flexibility index (Phi) is 6.16. The average Bonchev–Trinajstić information content (AvgIpc) is 3.21. The highest BCUT2D eigenvalue weighted by Crippen LogP contribution is 2.35. The molecule has 0 radical (unpaired) electrons. The molecule has 0 amide bonds. The van der Waals surface area contributed by atoms with Crippen LogP contribution in [-0.4, -0.2) is 54.3 Å². The summed E-state index contributed by atoms with van der Waals surface area (Å²) in [6.45, 7) is 7.71. The van der Waals surface area contributed by atoms with Crippen molar-refractivity contribution in [1.29, 1.82) is 0 Å². The first-order chi connectivity index (χ1) is 13.7. The number of aryl methyl sites for hydroxylation is 1. The van der Waals surface area contributed by atoms with E-state index in [1.807, 2.05) is 6.07 Å². The lowest BCUT2D eigenvalue weighted by atomic mass is 10.0. The van der Waals surface area contributed by atoms with E-state index in [4.69, 9.17) is 21.7 Å². The number of likely N-dealkylation sites (N-methyl/N-ethyl adjacent to an activating group) is 1. The van der Waals surface area contributed by atoms with Crippen molar-refractivity contribution in [2.24, 2.45) is 0 Å². The lowest BCUT2D eigenvalue weighted by molar-refractivity contribution is 0.271. The van der Waals surface area contributed by atoms with Gasteiger partial charge in [0.05, 0.1) is 10.4 Å². The number of fused-ring (bicyclic) bond motifs is 1. The Hall–Kier alpha value is -1.66. The number of thiophene rings is 1. The van der Waals surface area contributed by atoms with Crippen LogP contribution in [0.1, 0.15) is 18.9 Å². The van der Waals surface area contributed by atoms with Crippen molar-refractivity contribution in [3.05, 3.63) is 46.3 Å². The summed E-state index contributed by atoms with van der Waals surface area (Å²) >= 11 is 8.27. The van der Waals surface area contributed by atoms with Gasteiger partial charge >= 0.3 is 0 Å². The second-order valence-electron chi connectivity index (χ2n) is 7.22. The van der Waals surface area contributed by atoms with Crippen LogP contribution in [0.5, 0.6) is 0 Å². The number of aromatic nitrogens is 1. The Morgan fingerprint density at radius 3 is 2.68 bits per heavy atom. The van der Waals surface area contributed by atoms with E-state index in [-0.39, 0.29) is 6.61 Å². The molecule has 0 saturated carbocycles. The first-order valence-electron chi connectivity index (χ1n) is 9.95. The molecule has 1 fully saturated rings. The minimum atomic E-state index is 0.184. The summed E-state index contributed by atoms with van der Waals surface area (Å²) in [5.74, 6) is 1.10. The maximum absolute atomic E-state index is 9.06. The van der Waals surface area contributed by atoms with Gasteiger partial charge in [-0.3, -0.25) is 0 Å². The van der Waals surface area contributed by atoms with Crippen molar-refractivity contribution in [2.75, 3.05) is 44.2 Å². The third kappa shape index (κ3) is 4.03. The Morgan fingerprint density at radius 2 is 1.96 bits per heavy atom. The molecule has 1 saturated heterocycles. The Bertz CT molecular complexity index is 950. The number of hydrogen-bond acceptors (Lipinski definition) is 5. The molecule has 0 atom stereocenters. The number of benzene rings is 1. The molecule has 0 spiro atoms. The van der Waals surface area contributed by atoms with E-state index in [0.29, 0.717) is 0 Å². The first kappa shape index (κ1) is 19.6. The van der Waals surface area contributed by atoms with Crippen LogP contribution in [0.15, 0.2) is 35.7 Å². The van der Waals surface area contributed by atoms with Crippen LogP contribution in [0.2, 0.25) is 5.02 Å². The predicted octanol–water partition coefficient (Wildman–Crippen LogP) is 4.68. The van der Waals surface area contributed by atoms with Crippen molar-refractivity contribution in [2.45, 2.75) is 19.8 Å². The minimum absolute atomic E-state index is 0.184. The SMILES string of the molecule is CCN1CCN(c2nc(-c3ccc(CCCO)c(Cl)c3)cc3ccsc23)CC1. The van der Waals surface area contributed by atoms with Crippen LogP contribution in [0.4, 0.5) is 5.82 Å². The molecule has 1 aliphatic rings. The van der Waals surface area contributed by atoms with Gasteiger partial charge in [0.15, 0.2) is 0 Å². The third-order valence-corrected chi connectivity index (χ3v) is 6.77. The molecule has 3 aromatic rings.